The van der Waals surface area contributed by atoms with Gasteiger partial charge in [-0.3, -0.25) is 4.79 Å². The predicted molar refractivity (Wildman–Crippen MR) is 91.6 cm³/mol. The molecule has 0 spiro atoms. The van der Waals surface area contributed by atoms with Crippen LogP contribution in [0, 0.1) is 0 Å². The second-order valence-corrected chi connectivity index (χ2v) is 7.59. The zero-order chi connectivity index (χ0) is 15.7. The number of carbonyl (C=O) groups is 1. The van der Waals surface area contributed by atoms with Crippen LogP contribution in [-0.2, 0) is 21.2 Å². The van der Waals surface area contributed by atoms with E-state index in [1.54, 1.807) is 23.1 Å². The van der Waals surface area contributed by atoms with Crippen LogP contribution in [0.15, 0.2) is 23.1 Å². The minimum Gasteiger partial charge on any atom is -0.315 e. The third-order valence-electron chi connectivity index (χ3n) is 4.26. The van der Waals surface area contributed by atoms with E-state index in [2.05, 4.69) is 10.0 Å². The summed E-state index contributed by atoms with van der Waals surface area (Å²) in [5, 5.41) is 3.20. The van der Waals surface area contributed by atoms with Crippen LogP contribution in [0.1, 0.15) is 25.3 Å². The molecule has 1 saturated heterocycles. The Morgan fingerprint density at radius 1 is 1.39 bits per heavy atom. The normalized spacial score (nSPS) is 20.7. The Balaban J connectivity index is 0.00000192. The highest BCUT2D eigenvalue weighted by Crippen LogP contribution is 2.30. The van der Waals surface area contributed by atoms with Crippen LogP contribution in [0.5, 0.6) is 0 Å². The van der Waals surface area contributed by atoms with E-state index in [0.717, 1.165) is 30.6 Å². The summed E-state index contributed by atoms with van der Waals surface area (Å²) in [6, 6.07) is 4.95. The largest absolute Gasteiger partial charge is 0.315 e. The number of piperidine rings is 1. The van der Waals surface area contributed by atoms with Gasteiger partial charge in [0.2, 0.25) is 15.9 Å². The molecule has 2 heterocycles. The summed E-state index contributed by atoms with van der Waals surface area (Å²) in [5.41, 5.74) is 1.74. The highest BCUT2D eigenvalue weighted by Gasteiger charge is 2.26. The molecule has 0 saturated carbocycles. The Labute approximate surface area is 143 Å². The Morgan fingerprint density at radius 2 is 2.17 bits per heavy atom. The van der Waals surface area contributed by atoms with Gasteiger partial charge >= 0.3 is 0 Å². The number of nitrogens with zero attached hydrogens (tertiary/aromatic N) is 1. The van der Waals surface area contributed by atoms with Gasteiger partial charge in [-0.05, 0) is 49.6 Å². The van der Waals surface area contributed by atoms with Gasteiger partial charge in [-0.2, -0.15) is 0 Å². The standard InChI is InChI=1S/C15H21N3O3S.ClH/c1-11(19)18-8-6-12-9-14(4-5-15(12)18)22(20,21)17-13-3-2-7-16-10-13;/h4-5,9,13,16-17H,2-3,6-8,10H2,1H3;1H/t13-;/m0./s1. The van der Waals surface area contributed by atoms with E-state index in [0.29, 0.717) is 19.5 Å². The van der Waals surface area contributed by atoms with Crippen molar-refractivity contribution in [2.45, 2.75) is 37.1 Å². The fourth-order valence-corrected chi connectivity index (χ4v) is 4.43. The minimum absolute atomic E-state index is 0. The highest BCUT2D eigenvalue weighted by atomic mass is 35.5. The first kappa shape index (κ1) is 18.2. The van der Waals surface area contributed by atoms with Crippen molar-refractivity contribution in [3.05, 3.63) is 23.8 Å². The summed E-state index contributed by atoms with van der Waals surface area (Å²) in [4.78, 5) is 13.5. The zero-order valence-corrected chi connectivity index (χ0v) is 14.7. The van der Waals surface area contributed by atoms with E-state index in [4.69, 9.17) is 0 Å². The van der Waals surface area contributed by atoms with Gasteiger partial charge in [-0.25, -0.2) is 13.1 Å². The highest BCUT2D eigenvalue weighted by molar-refractivity contribution is 7.89. The summed E-state index contributed by atoms with van der Waals surface area (Å²) < 4.78 is 27.8. The molecule has 0 unspecified atom stereocenters. The second-order valence-electron chi connectivity index (χ2n) is 5.88. The lowest BCUT2D eigenvalue weighted by atomic mass is 10.1. The average molecular weight is 360 g/mol. The molecule has 1 amide bonds. The molecule has 0 bridgehead atoms. The number of anilines is 1. The van der Waals surface area contributed by atoms with Crippen LogP contribution in [0.3, 0.4) is 0 Å². The van der Waals surface area contributed by atoms with Crippen molar-refractivity contribution in [2.24, 2.45) is 0 Å². The first-order chi connectivity index (χ1) is 10.5. The van der Waals surface area contributed by atoms with Crippen LogP contribution in [-0.4, -0.2) is 40.0 Å². The van der Waals surface area contributed by atoms with Gasteiger partial charge in [0, 0.05) is 31.7 Å². The van der Waals surface area contributed by atoms with Crippen molar-refractivity contribution in [3.8, 4) is 0 Å². The molecule has 6 nitrogen and oxygen atoms in total. The number of carbonyl (C=O) groups excluding carboxylic acids is 1. The van der Waals surface area contributed by atoms with Crippen LogP contribution in [0.4, 0.5) is 5.69 Å². The molecule has 0 radical (unpaired) electrons. The molecule has 128 valence electrons. The summed E-state index contributed by atoms with van der Waals surface area (Å²) in [6.07, 6.45) is 2.53. The number of nitrogens with one attached hydrogen (secondary N) is 2. The van der Waals surface area contributed by atoms with Gasteiger partial charge < -0.3 is 10.2 Å². The summed E-state index contributed by atoms with van der Waals surface area (Å²) >= 11 is 0. The first-order valence-corrected chi connectivity index (χ1v) is 9.10. The van der Waals surface area contributed by atoms with Crippen molar-refractivity contribution in [1.29, 1.82) is 0 Å². The van der Waals surface area contributed by atoms with Gasteiger partial charge in [0.1, 0.15) is 0 Å². The maximum Gasteiger partial charge on any atom is 0.240 e. The molecule has 8 heteroatoms. The number of sulfonamides is 1. The fourth-order valence-electron chi connectivity index (χ4n) is 3.11. The second kappa shape index (κ2) is 7.17. The number of hydrogen-bond acceptors (Lipinski definition) is 4. The Hall–Kier alpha value is -1.15. The molecule has 2 aliphatic rings. The quantitative estimate of drug-likeness (QED) is 0.845. The van der Waals surface area contributed by atoms with E-state index in [9.17, 15) is 13.2 Å². The van der Waals surface area contributed by atoms with Gasteiger partial charge in [-0.1, -0.05) is 0 Å². The predicted octanol–water partition coefficient (Wildman–Crippen LogP) is 1.05. The van der Waals surface area contributed by atoms with E-state index in [1.807, 2.05) is 0 Å². The zero-order valence-electron chi connectivity index (χ0n) is 13.0. The molecule has 1 fully saturated rings. The lowest BCUT2D eigenvalue weighted by Crippen LogP contribution is -2.45. The number of halogens is 1. The molecule has 0 aromatic heterocycles. The van der Waals surface area contributed by atoms with Crippen molar-refractivity contribution in [2.75, 3.05) is 24.5 Å². The number of benzene rings is 1. The third-order valence-corrected chi connectivity index (χ3v) is 5.77. The molecular weight excluding hydrogens is 338 g/mol. The molecular formula is C15H22ClN3O3S. The average Bonchev–Trinajstić information content (AvgIpc) is 2.91. The first-order valence-electron chi connectivity index (χ1n) is 7.61. The molecule has 1 atom stereocenters. The van der Waals surface area contributed by atoms with Gasteiger partial charge in [-0.15, -0.1) is 12.4 Å². The Kier molecular flexibility index (Phi) is 5.67. The third kappa shape index (κ3) is 3.85. The lowest BCUT2D eigenvalue weighted by Gasteiger charge is -2.23. The van der Waals surface area contributed by atoms with Crippen LogP contribution in [0.2, 0.25) is 0 Å². The summed E-state index contributed by atoms with van der Waals surface area (Å²) in [5.74, 6) is -0.0132. The van der Waals surface area contributed by atoms with E-state index < -0.39 is 10.0 Å². The topological polar surface area (TPSA) is 78.5 Å². The van der Waals surface area contributed by atoms with Crippen molar-refractivity contribution in [3.63, 3.8) is 0 Å². The monoisotopic (exact) mass is 359 g/mol. The van der Waals surface area contributed by atoms with Crippen LogP contribution >= 0.6 is 12.4 Å². The maximum absolute atomic E-state index is 12.5. The van der Waals surface area contributed by atoms with Crippen molar-refractivity contribution >= 4 is 34.0 Å². The molecule has 2 N–H and O–H groups in total. The number of amides is 1. The summed E-state index contributed by atoms with van der Waals surface area (Å²) in [6.45, 7) is 3.76. The fraction of sp³-hybridized carbons (Fsp3) is 0.533. The maximum atomic E-state index is 12.5. The molecule has 23 heavy (non-hydrogen) atoms. The number of hydrogen-bond donors (Lipinski definition) is 2. The van der Waals surface area contributed by atoms with Gasteiger partial charge in [0.15, 0.2) is 0 Å². The van der Waals surface area contributed by atoms with E-state index >= 15 is 0 Å². The van der Waals surface area contributed by atoms with Gasteiger partial charge in [0.25, 0.3) is 0 Å². The molecule has 1 aromatic carbocycles. The van der Waals surface area contributed by atoms with Crippen molar-refractivity contribution in [1.82, 2.24) is 10.0 Å². The molecule has 0 aliphatic carbocycles. The number of rotatable bonds is 3. The Morgan fingerprint density at radius 3 is 2.83 bits per heavy atom. The Bertz CT molecular complexity index is 687. The summed E-state index contributed by atoms with van der Waals surface area (Å²) in [7, 11) is -3.51. The van der Waals surface area contributed by atoms with Crippen molar-refractivity contribution < 1.29 is 13.2 Å². The molecule has 1 aromatic rings. The SMILES string of the molecule is CC(=O)N1CCc2cc(S(=O)(=O)N[C@H]3CCCNC3)ccc21.Cl. The number of fused-ring (bicyclic) bond motifs is 1. The van der Waals surface area contributed by atoms with Crippen LogP contribution < -0.4 is 14.9 Å². The van der Waals surface area contributed by atoms with Crippen LogP contribution in [0.25, 0.3) is 0 Å². The van der Waals surface area contributed by atoms with E-state index in [-0.39, 0.29) is 29.3 Å². The van der Waals surface area contributed by atoms with Gasteiger partial charge in [0.05, 0.1) is 4.90 Å². The lowest BCUT2D eigenvalue weighted by molar-refractivity contribution is -0.116. The smallest absolute Gasteiger partial charge is 0.240 e. The minimum atomic E-state index is -3.51. The molecule has 2 aliphatic heterocycles. The molecule has 3 rings (SSSR count). The van der Waals surface area contributed by atoms with E-state index in [1.165, 1.54) is 6.92 Å².